The molecule has 6 heteroatoms. The molecule has 2 aromatic carbocycles. The molecule has 0 aliphatic carbocycles. The van der Waals surface area contributed by atoms with Crippen LogP contribution in [0.15, 0.2) is 54.7 Å². The lowest BCUT2D eigenvalue weighted by Crippen LogP contribution is -2.39. The molecule has 2 heterocycles. The Morgan fingerprint density at radius 3 is 2.45 bits per heavy atom. The van der Waals surface area contributed by atoms with E-state index < -0.39 is 11.8 Å². The average Bonchev–Trinajstić information content (AvgIpc) is 3.26. The van der Waals surface area contributed by atoms with Crippen molar-refractivity contribution < 1.29 is 19.1 Å². The molecule has 0 spiro atoms. The van der Waals surface area contributed by atoms with Crippen LogP contribution in [0.3, 0.4) is 0 Å². The van der Waals surface area contributed by atoms with Gasteiger partial charge in [0.1, 0.15) is 0 Å². The molecule has 1 aliphatic heterocycles. The van der Waals surface area contributed by atoms with Gasteiger partial charge in [-0.05, 0) is 48.4 Å². The molecule has 1 atom stereocenters. The molecule has 1 aromatic heterocycles. The fourth-order valence-corrected chi connectivity index (χ4v) is 4.46. The number of aromatic amines is 1. The lowest BCUT2D eigenvalue weighted by Gasteiger charge is -2.35. The number of aromatic nitrogens is 1. The molecule has 3 aromatic rings. The summed E-state index contributed by atoms with van der Waals surface area (Å²) in [6.45, 7) is 3.68. The largest absolute Gasteiger partial charge is 0.463 e. The third-order valence-electron chi connectivity index (χ3n) is 6.40. The van der Waals surface area contributed by atoms with E-state index in [4.69, 9.17) is 0 Å². The van der Waals surface area contributed by atoms with E-state index in [2.05, 4.69) is 40.9 Å². The van der Waals surface area contributed by atoms with Crippen LogP contribution in [-0.2, 0) is 9.53 Å². The number of fused-ring (bicyclic) bond motifs is 1. The van der Waals surface area contributed by atoms with Crippen molar-refractivity contribution in [1.29, 1.82) is 0 Å². The molecule has 1 aliphatic rings. The number of hydrogen-bond acceptors (Lipinski definition) is 4. The molecule has 0 saturated carbocycles. The lowest BCUT2D eigenvalue weighted by molar-refractivity contribution is -0.135. The highest BCUT2D eigenvalue weighted by molar-refractivity contribution is 6.43. The van der Waals surface area contributed by atoms with Gasteiger partial charge in [-0.25, -0.2) is 4.79 Å². The molecule has 1 unspecified atom stereocenters. The van der Waals surface area contributed by atoms with Gasteiger partial charge >= 0.3 is 5.97 Å². The van der Waals surface area contributed by atoms with Gasteiger partial charge in [0.2, 0.25) is 0 Å². The van der Waals surface area contributed by atoms with E-state index in [-0.39, 0.29) is 11.5 Å². The van der Waals surface area contributed by atoms with Crippen molar-refractivity contribution in [2.75, 3.05) is 20.2 Å². The topological polar surface area (TPSA) is 79.5 Å². The molecule has 1 fully saturated rings. The molecule has 1 N–H and O–H groups in total. The first-order valence-electron chi connectivity index (χ1n) is 10.6. The van der Waals surface area contributed by atoms with Gasteiger partial charge in [-0.2, -0.15) is 0 Å². The minimum Gasteiger partial charge on any atom is -0.463 e. The molecular formula is C25H26N2O4. The molecular weight excluding hydrogens is 392 g/mol. The Kier molecular flexibility index (Phi) is 5.89. The fourth-order valence-electron chi connectivity index (χ4n) is 4.46. The maximum Gasteiger partial charge on any atom is 0.379 e. The molecule has 6 nitrogen and oxygen atoms in total. The Morgan fingerprint density at radius 1 is 1.06 bits per heavy atom. The first kappa shape index (κ1) is 20.8. The summed E-state index contributed by atoms with van der Waals surface area (Å²) < 4.78 is 4.54. The highest BCUT2D eigenvalue weighted by atomic mass is 16.5. The quantitative estimate of drug-likeness (QED) is 0.383. The summed E-state index contributed by atoms with van der Waals surface area (Å²) >= 11 is 0. The Hall–Kier alpha value is -3.41. The number of carbonyl (C=O) groups is 3. The summed E-state index contributed by atoms with van der Waals surface area (Å²) in [6, 6.07) is 15.7. The predicted molar refractivity (Wildman–Crippen MR) is 118 cm³/mol. The molecule has 31 heavy (non-hydrogen) atoms. The van der Waals surface area contributed by atoms with Crippen LogP contribution in [-0.4, -0.2) is 47.7 Å². The number of rotatable bonds is 5. The third kappa shape index (κ3) is 4.10. The lowest BCUT2D eigenvalue weighted by atomic mass is 9.81. The van der Waals surface area contributed by atoms with E-state index in [9.17, 15) is 14.4 Å². The zero-order valence-corrected chi connectivity index (χ0v) is 17.8. The molecule has 4 rings (SSSR count). The number of Topliss-reactive ketones (excluding diaryl/α,β-unsaturated/α-hetero) is 1. The van der Waals surface area contributed by atoms with Crippen LogP contribution in [0.4, 0.5) is 0 Å². The van der Waals surface area contributed by atoms with E-state index in [1.54, 1.807) is 18.2 Å². The van der Waals surface area contributed by atoms with Crippen LogP contribution in [0.5, 0.6) is 0 Å². The van der Waals surface area contributed by atoms with Crippen molar-refractivity contribution in [3.05, 3.63) is 71.4 Å². The highest BCUT2D eigenvalue weighted by Gasteiger charge is 2.28. The van der Waals surface area contributed by atoms with E-state index in [0.717, 1.165) is 12.8 Å². The number of benzene rings is 2. The first-order valence-corrected chi connectivity index (χ1v) is 10.6. The van der Waals surface area contributed by atoms with Crippen molar-refractivity contribution in [3.63, 3.8) is 0 Å². The minimum atomic E-state index is -0.924. The second-order valence-corrected chi connectivity index (χ2v) is 8.11. The zero-order valence-electron chi connectivity index (χ0n) is 17.8. The molecule has 160 valence electrons. The van der Waals surface area contributed by atoms with E-state index >= 15 is 0 Å². The molecule has 0 radical (unpaired) electrons. The van der Waals surface area contributed by atoms with Crippen LogP contribution in [0.25, 0.3) is 10.9 Å². The SMILES string of the molecule is COC(=O)C(=O)c1c[nH]c2ccc(C(=O)N3CCC(C(C)c4ccccc4)CC3)cc12. The number of nitrogens with zero attached hydrogens (tertiary/aromatic N) is 1. The Morgan fingerprint density at radius 2 is 1.77 bits per heavy atom. The van der Waals surface area contributed by atoms with Crippen LogP contribution >= 0.6 is 0 Å². The van der Waals surface area contributed by atoms with Crippen molar-refractivity contribution in [2.45, 2.75) is 25.7 Å². The van der Waals surface area contributed by atoms with Crippen molar-refractivity contribution in [3.8, 4) is 0 Å². The zero-order chi connectivity index (χ0) is 22.0. The first-order chi connectivity index (χ1) is 15.0. The number of hydrogen-bond donors (Lipinski definition) is 1. The summed E-state index contributed by atoms with van der Waals surface area (Å²) in [4.78, 5) is 41.9. The summed E-state index contributed by atoms with van der Waals surface area (Å²) in [5, 5.41) is 0.550. The maximum absolute atomic E-state index is 13.1. The Balaban J connectivity index is 1.47. The van der Waals surface area contributed by atoms with Crippen LogP contribution < -0.4 is 0 Å². The van der Waals surface area contributed by atoms with Gasteiger partial charge in [-0.1, -0.05) is 37.3 Å². The van der Waals surface area contributed by atoms with E-state index in [1.807, 2.05) is 11.0 Å². The summed E-state index contributed by atoms with van der Waals surface area (Å²) in [5.41, 5.74) is 2.76. The van der Waals surface area contributed by atoms with Gasteiger partial charge in [0.25, 0.3) is 11.7 Å². The third-order valence-corrected chi connectivity index (χ3v) is 6.40. The smallest absolute Gasteiger partial charge is 0.379 e. The van der Waals surface area contributed by atoms with Gasteiger partial charge in [0.05, 0.1) is 12.7 Å². The maximum atomic E-state index is 13.1. The van der Waals surface area contributed by atoms with Crippen LogP contribution in [0, 0.1) is 5.92 Å². The van der Waals surface area contributed by atoms with Crippen molar-refractivity contribution >= 4 is 28.6 Å². The Bertz CT molecular complexity index is 1110. The number of carbonyl (C=O) groups excluding carboxylic acids is 3. The number of nitrogens with one attached hydrogen (secondary N) is 1. The number of piperidine rings is 1. The predicted octanol–water partition coefficient (Wildman–Crippen LogP) is 4.18. The van der Waals surface area contributed by atoms with Crippen LogP contribution in [0.2, 0.25) is 0 Å². The molecule has 0 bridgehead atoms. The number of ether oxygens (including phenoxy) is 1. The van der Waals surface area contributed by atoms with Gasteiger partial charge < -0.3 is 14.6 Å². The average molecular weight is 418 g/mol. The van der Waals surface area contributed by atoms with E-state index in [0.29, 0.717) is 41.4 Å². The minimum absolute atomic E-state index is 0.0506. The highest BCUT2D eigenvalue weighted by Crippen LogP contribution is 2.33. The number of ketones is 1. The van der Waals surface area contributed by atoms with Crippen molar-refractivity contribution in [1.82, 2.24) is 9.88 Å². The van der Waals surface area contributed by atoms with Crippen LogP contribution in [0.1, 0.15) is 52.0 Å². The van der Waals surface area contributed by atoms with Crippen molar-refractivity contribution in [2.24, 2.45) is 5.92 Å². The van der Waals surface area contributed by atoms with Gasteiger partial charge in [-0.15, -0.1) is 0 Å². The second-order valence-electron chi connectivity index (χ2n) is 8.11. The summed E-state index contributed by atoms with van der Waals surface area (Å²) in [5.74, 6) is -0.698. The number of esters is 1. The van der Waals surface area contributed by atoms with Gasteiger partial charge in [0, 0.05) is 35.8 Å². The monoisotopic (exact) mass is 418 g/mol. The standard InChI is InChI=1S/C25H26N2O4/c1-16(17-6-4-3-5-7-17)18-10-12-27(13-11-18)24(29)19-8-9-22-20(14-19)21(15-26-22)23(28)25(30)31-2/h3-9,14-16,18,26H,10-13H2,1-2H3. The number of methoxy groups -OCH3 is 1. The fraction of sp³-hybridized carbons (Fsp3) is 0.320. The summed E-state index contributed by atoms with van der Waals surface area (Å²) in [6.07, 6.45) is 3.40. The summed E-state index contributed by atoms with van der Waals surface area (Å²) in [7, 11) is 1.17. The van der Waals surface area contributed by atoms with E-state index in [1.165, 1.54) is 18.9 Å². The van der Waals surface area contributed by atoms with Gasteiger partial charge in [-0.3, -0.25) is 9.59 Å². The second kappa shape index (κ2) is 8.76. The van der Waals surface area contributed by atoms with Gasteiger partial charge in [0.15, 0.2) is 0 Å². The number of likely N-dealkylation sites (tertiary alicyclic amines) is 1. The number of H-pyrrole nitrogens is 1. The molecule has 1 amide bonds. The normalized spacial score (nSPS) is 15.6. The number of amides is 1. The molecule has 1 saturated heterocycles. The Labute approximate surface area is 181 Å².